The van der Waals surface area contributed by atoms with Crippen molar-refractivity contribution in [2.24, 2.45) is 36.0 Å². The second kappa shape index (κ2) is 4.05. The molecule has 0 aromatic carbocycles. The van der Waals surface area contributed by atoms with Crippen molar-refractivity contribution in [2.75, 3.05) is 6.54 Å². The lowest BCUT2D eigenvalue weighted by Gasteiger charge is -2.59. The third-order valence-electron chi connectivity index (χ3n) is 6.12. The van der Waals surface area contributed by atoms with Crippen LogP contribution in [0.3, 0.4) is 0 Å². The molecule has 0 spiro atoms. The molecule has 0 amide bonds. The fourth-order valence-electron chi connectivity index (χ4n) is 5.84. The highest BCUT2D eigenvalue weighted by atomic mass is 15.3. The van der Waals surface area contributed by atoms with Crippen LogP contribution in [0, 0.1) is 23.2 Å². The average Bonchev–Trinajstić information content (AvgIpc) is 2.74. The molecule has 1 unspecified atom stereocenters. The van der Waals surface area contributed by atoms with Crippen LogP contribution in [-0.4, -0.2) is 21.3 Å². The van der Waals surface area contributed by atoms with E-state index in [-0.39, 0.29) is 0 Å². The molecule has 4 saturated carbocycles. The molecular weight excluding hydrogens is 236 g/mol. The minimum atomic E-state index is 0.411. The van der Waals surface area contributed by atoms with E-state index < -0.39 is 0 Å². The Morgan fingerprint density at radius 2 is 1.84 bits per heavy atom. The van der Waals surface area contributed by atoms with Crippen molar-refractivity contribution in [3.05, 3.63) is 12.2 Å². The SMILES string of the molecule is Cn1cnnc1C(CN)C12CC3CC(CC(C3)C1)C2. The van der Waals surface area contributed by atoms with E-state index in [0.717, 1.165) is 30.1 Å². The first-order chi connectivity index (χ1) is 9.20. The van der Waals surface area contributed by atoms with Crippen LogP contribution in [0.5, 0.6) is 0 Å². The molecule has 4 nitrogen and oxygen atoms in total. The highest BCUT2D eigenvalue weighted by Crippen LogP contribution is 2.64. The first kappa shape index (κ1) is 11.9. The zero-order valence-corrected chi connectivity index (χ0v) is 11.8. The Hall–Kier alpha value is -0.900. The summed E-state index contributed by atoms with van der Waals surface area (Å²) in [5, 5.41) is 8.45. The van der Waals surface area contributed by atoms with Crippen molar-refractivity contribution in [1.29, 1.82) is 0 Å². The molecular formula is C15H24N4. The van der Waals surface area contributed by atoms with Gasteiger partial charge in [-0.25, -0.2) is 0 Å². The molecule has 2 N–H and O–H groups in total. The van der Waals surface area contributed by atoms with E-state index >= 15 is 0 Å². The molecule has 4 fully saturated rings. The average molecular weight is 260 g/mol. The fourth-order valence-corrected chi connectivity index (χ4v) is 5.84. The summed E-state index contributed by atoms with van der Waals surface area (Å²) in [6.07, 6.45) is 10.4. The van der Waals surface area contributed by atoms with Crippen molar-refractivity contribution in [2.45, 2.75) is 44.4 Å². The monoisotopic (exact) mass is 260 g/mol. The van der Waals surface area contributed by atoms with Gasteiger partial charge in [0.2, 0.25) is 0 Å². The van der Waals surface area contributed by atoms with Crippen LogP contribution < -0.4 is 5.73 Å². The highest BCUT2D eigenvalue weighted by molar-refractivity contribution is 5.13. The van der Waals surface area contributed by atoms with Crippen molar-refractivity contribution < 1.29 is 0 Å². The van der Waals surface area contributed by atoms with Crippen LogP contribution in [-0.2, 0) is 7.05 Å². The van der Waals surface area contributed by atoms with E-state index in [9.17, 15) is 0 Å². The summed E-state index contributed by atoms with van der Waals surface area (Å²) >= 11 is 0. The summed E-state index contributed by atoms with van der Waals surface area (Å²) in [5.74, 6) is 4.42. The quantitative estimate of drug-likeness (QED) is 0.905. The van der Waals surface area contributed by atoms with Gasteiger partial charge in [0.1, 0.15) is 12.2 Å². The highest BCUT2D eigenvalue weighted by Gasteiger charge is 2.54. The normalized spacial score (nSPS) is 41.7. The third-order valence-corrected chi connectivity index (χ3v) is 6.12. The first-order valence-corrected chi connectivity index (χ1v) is 7.74. The molecule has 5 rings (SSSR count). The van der Waals surface area contributed by atoms with E-state index in [4.69, 9.17) is 5.73 Å². The Kier molecular flexibility index (Phi) is 2.53. The predicted octanol–water partition coefficient (Wildman–Crippen LogP) is 2.07. The number of nitrogens with zero attached hydrogens (tertiary/aromatic N) is 3. The zero-order chi connectivity index (χ0) is 13.0. The van der Waals surface area contributed by atoms with Gasteiger partial charge >= 0.3 is 0 Å². The lowest BCUT2D eigenvalue weighted by molar-refractivity contribution is -0.0689. The molecule has 0 radical (unpaired) electrons. The summed E-state index contributed by atoms with van der Waals surface area (Å²) in [7, 11) is 2.05. The van der Waals surface area contributed by atoms with Crippen LogP contribution in [0.25, 0.3) is 0 Å². The molecule has 1 aromatic rings. The lowest BCUT2D eigenvalue weighted by atomic mass is 9.46. The topological polar surface area (TPSA) is 56.7 Å². The molecule has 4 bridgehead atoms. The Balaban J connectivity index is 1.72. The molecule has 1 atom stereocenters. The lowest BCUT2D eigenvalue weighted by Crippen LogP contribution is -2.50. The maximum Gasteiger partial charge on any atom is 0.137 e. The Morgan fingerprint density at radius 1 is 1.26 bits per heavy atom. The smallest absolute Gasteiger partial charge is 0.137 e. The number of hydrogen-bond acceptors (Lipinski definition) is 3. The van der Waals surface area contributed by atoms with Gasteiger partial charge in [-0.3, -0.25) is 0 Å². The van der Waals surface area contributed by atoms with Crippen LogP contribution >= 0.6 is 0 Å². The summed E-state index contributed by atoms with van der Waals surface area (Å²) in [5.41, 5.74) is 6.61. The largest absolute Gasteiger partial charge is 0.330 e. The van der Waals surface area contributed by atoms with Crippen molar-refractivity contribution in [3.63, 3.8) is 0 Å². The second-order valence-electron chi connectivity index (χ2n) is 7.37. The molecule has 19 heavy (non-hydrogen) atoms. The number of aryl methyl sites for hydroxylation is 1. The molecule has 4 aliphatic rings. The molecule has 1 aromatic heterocycles. The summed E-state index contributed by atoms with van der Waals surface area (Å²) in [4.78, 5) is 0. The van der Waals surface area contributed by atoms with Gasteiger partial charge < -0.3 is 10.3 Å². The molecule has 104 valence electrons. The van der Waals surface area contributed by atoms with Crippen LogP contribution in [0.1, 0.15) is 50.3 Å². The van der Waals surface area contributed by atoms with E-state index in [1.54, 1.807) is 0 Å². The maximum atomic E-state index is 6.17. The zero-order valence-electron chi connectivity index (χ0n) is 11.8. The molecule has 1 heterocycles. The maximum absolute atomic E-state index is 6.17. The molecule has 0 saturated heterocycles. The van der Waals surface area contributed by atoms with E-state index in [1.165, 1.54) is 38.5 Å². The van der Waals surface area contributed by atoms with Crippen LogP contribution in [0.2, 0.25) is 0 Å². The Labute approximate surface area is 114 Å². The van der Waals surface area contributed by atoms with Gasteiger partial charge in [-0.05, 0) is 61.7 Å². The Morgan fingerprint density at radius 3 is 2.26 bits per heavy atom. The third kappa shape index (κ3) is 1.69. The number of hydrogen-bond donors (Lipinski definition) is 1. The van der Waals surface area contributed by atoms with Crippen LogP contribution in [0.15, 0.2) is 6.33 Å². The van der Waals surface area contributed by atoms with Gasteiger partial charge in [-0.15, -0.1) is 10.2 Å². The van der Waals surface area contributed by atoms with E-state index in [2.05, 4.69) is 21.8 Å². The van der Waals surface area contributed by atoms with Gasteiger partial charge in [0.25, 0.3) is 0 Å². The van der Waals surface area contributed by atoms with Gasteiger partial charge in [-0.2, -0.15) is 0 Å². The van der Waals surface area contributed by atoms with Crippen molar-refractivity contribution in [3.8, 4) is 0 Å². The van der Waals surface area contributed by atoms with Gasteiger partial charge in [-0.1, -0.05) is 0 Å². The minimum absolute atomic E-state index is 0.411. The molecule has 4 aliphatic carbocycles. The van der Waals surface area contributed by atoms with Crippen molar-refractivity contribution in [1.82, 2.24) is 14.8 Å². The summed E-state index contributed by atoms with van der Waals surface area (Å²) in [6.45, 7) is 0.721. The van der Waals surface area contributed by atoms with Gasteiger partial charge in [0.15, 0.2) is 0 Å². The molecule has 4 heteroatoms. The fraction of sp³-hybridized carbons (Fsp3) is 0.867. The van der Waals surface area contributed by atoms with Gasteiger partial charge in [0.05, 0.1) is 0 Å². The summed E-state index contributed by atoms with van der Waals surface area (Å²) < 4.78 is 2.08. The second-order valence-corrected chi connectivity index (χ2v) is 7.37. The van der Waals surface area contributed by atoms with E-state index in [1.807, 2.05) is 6.33 Å². The number of rotatable bonds is 3. The van der Waals surface area contributed by atoms with Crippen molar-refractivity contribution >= 4 is 0 Å². The van der Waals surface area contributed by atoms with Gasteiger partial charge in [0, 0.05) is 19.5 Å². The number of aromatic nitrogens is 3. The predicted molar refractivity (Wildman–Crippen MR) is 73.4 cm³/mol. The summed E-state index contributed by atoms with van der Waals surface area (Å²) in [6, 6.07) is 0. The van der Waals surface area contributed by atoms with Crippen LogP contribution in [0.4, 0.5) is 0 Å². The standard InChI is InChI=1S/C15H24N4/c1-19-9-17-18-14(19)13(8-16)15-5-10-2-11(6-15)4-12(3-10)7-15/h9-13H,2-8,16H2,1H3. The number of nitrogens with two attached hydrogens (primary N) is 1. The van der Waals surface area contributed by atoms with E-state index in [0.29, 0.717) is 11.3 Å². The minimum Gasteiger partial charge on any atom is -0.330 e. The Bertz CT molecular complexity index is 443. The first-order valence-electron chi connectivity index (χ1n) is 7.74. The molecule has 0 aliphatic heterocycles.